The molecule has 6 rings (SSSR count). The molecule has 0 amide bonds. The van der Waals surface area contributed by atoms with E-state index in [4.69, 9.17) is 9.57 Å². The van der Waals surface area contributed by atoms with Crippen LogP contribution in [0.1, 0.15) is 30.7 Å². The van der Waals surface area contributed by atoms with Gasteiger partial charge in [-0.15, -0.1) is 11.3 Å². The van der Waals surface area contributed by atoms with Crippen molar-refractivity contribution in [2.24, 2.45) is 0 Å². The first-order chi connectivity index (χ1) is 17.7. The molecule has 1 N–H and O–H groups in total. The second-order valence-corrected chi connectivity index (χ2v) is 10.6. The lowest BCUT2D eigenvalue weighted by Crippen LogP contribution is -2.36. The van der Waals surface area contributed by atoms with E-state index in [0.29, 0.717) is 12.6 Å². The van der Waals surface area contributed by atoms with Crippen LogP contribution in [0.15, 0.2) is 54.2 Å². The molecule has 7 heteroatoms. The van der Waals surface area contributed by atoms with Gasteiger partial charge < -0.3 is 14.6 Å². The van der Waals surface area contributed by atoms with Crippen LogP contribution < -0.4 is 10.1 Å². The SMILES string of the molecule is COc1cc2c(cc1-c1cccnc1)-c1c(-c3cccs3)c3c(n1CC2)CON(C(C)C)CCNC3. The molecule has 0 saturated carbocycles. The van der Waals surface area contributed by atoms with E-state index in [-0.39, 0.29) is 0 Å². The molecular formula is C29H32N4O2S. The van der Waals surface area contributed by atoms with Crippen molar-refractivity contribution in [3.8, 4) is 38.6 Å². The molecule has 36 heavy (non-hydrogen) atoms. The number of rotatable bonds is 4. The minimum atomic E-state index is 0.330. The van der Waals surface area contributed by atoms with E-state index >= 15 is 0 Å². The lowest BCUT2D eigenvalue weighted by atomic mass is 9.91. The Kier molecular flexibility index (Phi) is 6.39. The molecule has 4 aromatic rings. The molecule has 2 aliphatic rings. The van der Waals surface area contributed by atoms with Gasteiger partial charge in [-0.1, -0.05) is 12.1 Å². The Labute approximate surface area is 216 Å². The van der Waals surface area contributed by atoms with Crippen molar-refractivity contribution in [1.29, 1.82) is 0 Å². The number of thiophene rings is 1. The zero-order valence-corrected chi connectivity index (χ0v) is 21.9. The van der Waals surface area contributed by atoms with Gasteiger partial charge in [0.25, 0.3) is 0 Å². The second kappa shape index (κ2) is 9.82. The molecule has 0 saturated heterocycles. The highest BCUT2D eigenvalue weighted by Gasteiger charge is 2.31. The van der Waals surface area contributed by atoms with Crippen molar-refractivity contribution in [3.05, 3.63) is 71.0 Å². The number of hydrogen-bond donors (Lipinski definition) is 1. The maximum atomic E-state index is 6.41. The quantitative estimate of drug-likeness (QED) is 0.386. The van der Waals surface area contributed by atoms with Crippen molar-refractivity contribution in [2.45, 2.75) is 46.0 Å². The summed E-state index contributed by atoms with van der Waals surface area (Å²) < 4.78 is 8.36. The molecule has 6 nitrogen and oxygen atoms in total. The molecule has 0 atom stereocenters. The van der Waals surface area contributed by atoms with E-state index in [1.807, 2.05) is 18.5 Å². The summed E-state index contributed by atoms with van der Waals surface area (Å²) in [4.78, 5) is 12.1. The molecule has 0 spiro atoms. The van der Waals surface area contributed by atoms with Crippen LogP contribution in [0.2, 0.25) is 0 Å². The summed E-state index contributed by atoms with van der Waals surface area (Å²) in [5.41, 5.74) is 9.98. The Morgan fingerprint density at radius 1 is 1.14 bits per heavy atom. The van der Waals surface area contributed by atoms with Gasteiger partial charge in [-0.25, -0.2) is 0 Å². The average molecular weight is 501 g/mol. The van der Waals surface area contributed by atoms with Crippen molar-refractivity contribution >= 4 is 11.3 Å². The first-order valence-corrected chi connectivity index (χ1v) is 13.5. The van der Waals surface area contributed by atoms with E-state index in [2.05, 4.69) is 69.5 Å². The number of nitrogens with zero attached hydrogens (tertiary/aromatic N) is 3. The van der Waals surface area contributed by atoms with Gasteiger partial charge in [0.2, 0.25) is 0 Å². The Morgan fingerprint density at radius 2 is 2.06 bits per heavy atom. The summed E-state index contributed by atoms with van der Waals surface area (Å²) >= 11 is 1.80. The van der Waals surface area contributed by atoms with Crippen LogP contribution in [0.25, 0.3) is 32.8 Å². The van der Waals surface area contributed by atoms with Gasteiger partial charge in [0.1, 0.15) is 12.4 Å². The smallest absolute Gasteiger partial charge is 0.127 e. The van der Waals surface area contributed by atoms with Gasteiger partial charge in [0.15, 0.2) is 0 Å². The zero-order chi connectivity index (χ0) is 24.6. The number of aromatic nitrogens is 2. The number of fused-ring (bicyclic) bond motifs is 5. The highest BCUT2D eigenvalue weighted by atomic mass is 32.1. The minimum Gasteiger partial charge on any atom is -0.496 e. The third-order valence-corrected chi connectivity index (χ3v) is 8.15. The molecule has 0 radical (unpaired) electrons. The Morgan fingerprint density at radius 3 is 2.81 bits per heavy atom. The Balaban J connectivity index is 1.58. The normalized spacial score (nSPS) is 16.0. The minimum absolute atomic E-state index is 0.330. The van der Waals surface area contributed by atoms with Crippen LogP contribution >= 0.6 is 11.3 Å². The number of methoxy groups -OCH3 is 1. The summed E-state index contributed by atoms with van der Waals surface area (Å²) in [7, 11) is 1.75. The van der Waals surface area contributed by atoms with Crippen LogP contribution in [0.4, 0.5) is 0 Å². The fourth-order valence-corrected chi connectivity index (χ4v) is 6.30. The third kappa shape index (κ3) is 4.06. The molecule has 186 valence electrons. The standard InChI is InChI=1S/C29H32N4O2S/c1-19(2)33-12-10-31-17-24-25(18-35-33)32-11-8-20-14-26(34-3)22(21-6-4-9-30-16-21)15-23(20)29(32)28(24)27-7-5-13-36-27/h4-7,9,13-16,19,31H,8,10-12,17-18H2,1-3H3. The van der Waals surface area contributed by atoms with Crippen molar-refractivity contribution in [2.75, 3.05) is 20.2 Å². The van der Waals surface area contributed by atoms with Gasteiger partial charge in [-0.3, -0.25) is 9.82 Å². The van der Waals surface area contributed by atoms with E-state index in [1.54, 1.807) is 18.4 Å². The number of hydroxylamine groups is 2. The molecule has 1 aromatic carbocycles. The third-order valence-electron chi connectivity index (χ3n) is 7.26. The van der Waals surface area contributed by atoms with Crippen LogP contribution in [0.5, 0.6) is 5.75 Å². The monoisotopic (exact) mass is 500 g/mol. The van der Waals surface area contributed by atoms with Gasteiger partial charge >= 0.3 is 0 Å². The Hall–Kier alpha value is -2.97. The first kappa shape index (κ1) is 23.4. The summed E-state index contributed by atoms with van der Waals surface area (Å²) in [5.74, 6) is 0.895. The number of aryl methyl sites for hydroxylation is 1. The lowest BCUT2D eigenvalue weighted by Gasteiger charge is -2.27. The largest absolute Gasteiger partial charge is 0.496 e. The molecule has 3 aromatic heterocycles. The number of pyridine rings is 1. The van der Waals surface area contributed by atoms with Crippen molar-refractivity contribution < 1.29 is 9.57 Å². The number of nitrogens with one attached hydrogen (secondary N) is 1. The second-order valence-electron chi connectivity index (χ2n) is 9.66. The molecule has 0 unspecified atom stereocenters. The molecule has 2 aliphatic heterocycles. The van der Waals surface area contributed by atoms with Crippen LogP contribution in [0, 0.1) is 0 Å². The van der Waals surface area contributed by atoms with E-state index in [9.17, 15) is 0 Å². The summed E-state index contributed by atoms with van der Waals surface area (Å²) in [6, 6.07) is 13.3. The molecule has 0 aliphatic carbocycles. The maximum absolute atomic E-state index is 6.41. The zero-order valence-electron chi connectivity index (χ0n) is 21.1. The highest BCUT2D eigenvalue weighted by molar-refractivity contribution is 7.13. The topological polar surface area (TPSA) is 51.6 Å². The van der Waals surface area contributed by atoms with Gasteiger partial charge in [0, 0.05) is 71.7 Å². The maximum Gasteiger partial charge on any atom is 0.127 e. The molecule has 0 bridgehead atoms. The van der Waals surface area contributed by atoms with Gasteiger partial charge in [-0.05, 0) is 61.0 Å². The highest BCUT2D eigenvalue weighted by Crippen LogP contribution is 2.47. The number of ether oxygens (including phenoxy) is 1. The average Bonchev–Trinajstić information content (AvgIpc) is 3.55. The fraction of sp³-hybridized carbons (Fsp3) is 0.345. The lowest BCUT2D eigenvalue weighted by molar-refractivity contribution is -0.189. The van der Waals surface area contributed by atoms with Gasteiger partial charge in [0.05, 0.1) is 18.5 Å². The van der Waals surface area contributed by atoms with Crippen molar-refractivity contribution in [1.82, 2.24) is 19.9 Å². The van der Waals surface area contributed by atoms with E-state index in [0.717, 1.165) is 49.5 Å². The molecule has 5 heterocycles. The summed E-state index contributed by atoms with van der Waals surface area (Å²) in [5, 5.41) is 7.98. The fourth-order valence-electron chi connectivity index (χ4n) is 5.51. The molecule has 0 fully saturated rings. The van der Waals surface area contributed by atoms with Gasteiger partial charge in [-0.2, -0.15) is 5.06 Å². The van der Waals surface area contributed by atoms with Crippen molar-refractivity contribution in [3.63, 3.8) is 0 Å². The van der Waals surface area contributed by atoms with Crippen LogP contribution in [0.3, 0.4) is 0 Å². The summed E-state index contributed by atoms with van der Waals surface area (Å²) in [6.07, 6.45) is 4.68. The van der Waals surface area contributed by atoms with E-state index in [1.165, 1.54) is 38.5 Å². The predicted octanol–water partition coefficient (Wildman–Crippen LogP) is 5.76. The predicted molar refractivity (Wildman–Crippen MR) is 145 cm³/mol. The summed E-state index contributed by atoms with van der Waals surface area (Å²) in [6.45, 7) is 8.48. The first-order valence-electron chi connectivity index (χ1n) is 12.7. The number of hydrogen-bond acceptors (Lipinski definition) is 6. The van der Waals surface area contributed by atoms with Crippen LogP contribution in [-0.4, -0.2) is 40.9 Å². The molecular weight excluding hydrogens is 468 g/mol. The van der Waals surface area contributed by atoms with E-state index < -0.39 is 0 Å². The van der Waals surface area contributed by atoms with Crippen LogP contribution in [-0.2, 0) is 31.0 Å². The number of benzene rings is 1. The Bertz CT molecular complexity index is 1360.